The Morgan fingerprint density at radius 3 is 2.00 bits per heavy atom. The summed E-state index contributed by atoms with van der Waals surface area (Å²) in [5, 5.41) is 9.16. The molecule has 17 heavy (non-hydrogen) atoms. The van der Waals surface area contributed by atoms with E-state index >= 15 is 0 Å². The molecule has 0 aromatic heterocycles. The lowest BCUT2D eigenvalue weighted by Gasteiger charge is -2.32. The second kappa shape index (κ2) is 4.75. The largest absolute Gasteiger partial charge is 0.486 e. The summed E-state index contributed by atoms with van der Waals surface area (Å²) < 4.78 is 11.7. The normalized spacial score (nSPS) is 23.6. The van der Waals surface area contributed by atoms with Gasteiger partial charge in [-0.3, -0.25) is 0 Å². The highest BCUT2D eigenvalue weighted by Crippen LogP contribution is 2.37. The van der Waals surface area contributed by atoms with Crippen LogP contribution in [0.5, 0.6) is 0 Å². The van der Waals surface area contributed by atoms with Crippen molar-refractivity contribution in [1.82, 2.24) is 0 Å². The van der Waals surface area contributed by atoms with Gasteiger partial charge in [0.05, 0.1) is 11.2 Å². The second-order valence-corrected chi connectivity index (χ2v) is 6.58. The minimum atomic E-state index is -0.283. The van der Waals surface area contributed by atoms with E-state index in [0.29, 0.717) is 0 Å². The van der Waals surface area contributed by atoms with E-state index in [4.69, 9.17) is 14.4 Å². The van der Waals surface area contributed by atoms with Crippen LogP contribution >= 0.6 is 0 Å². The van der Waals surface area contributed by atoms with Gasteiger partial charge in [0.1, 0.15) is 0 Å². The molecule has 0 aromatic carbocycles. The fourth-order valence-corrected chi connectivity index (χ4v) is 1.53. The molecular formula is C13H25BO3. The van der Waals surface area contributed by atoms with Gasteiger partial charge in [-0.2, -0.15) is 0 Å². The third-order valence-corrected chi connectivity index (χ3v) is 3.66. The molecule has 4 heteroatoms. The molecule has 1 saturated heterocycles. The molecular weight excluding hydrogens is 215 g/mol. The van der Waals surface area contributed by atoms with Gasteiger partial charge in [0.2, 0.25) is 0 Å². The summed E-state index contributed by atoms with van der Waals surface area (Å²) in [6.07, 6.45) is 2.84. The van der Waals surface area contributed by atoms with Crippen molar-refractivity contribution in [3.8, 4) is 0 Å². The van der Waals surface area contributed by atoms with E-state index in [1.165, 1.54) is 0 Å². The van der Waals surface area contributed by atoms with E-state index in [0.717, 1.165) is 6.42 Å². The molecule has 0 aromatic rings. The Morgan fingerprint density at radius 2 is 1.59 bits per heavy atom. The molecule has 1 heterocycles. The lowest BCUT2D eigenvalue weighted by atomic mass is 9.85. The molecule has 1 aliphatic heterocycles. The van der Waals surface area contributed by atoms with Gasteiger partial charge in [-0.05, 0) is 39.5 Å². The van der Waals surface area contributed by atoms with Crippen molar-refractivity contribution in [2.45, 2.75) is 59.2 Å². The first-order valence-corrected chi connectivity index (χ1v) is 6.23. The Kier molecular flexibility index (Phi) is 4.12. The molecule has 0 radical (unpaired) electrons. The summed E-state index contributed by atoms with van der Waals surface area (Å²) in [5.74, 6) is 1.94. The molecule has 0 amide bonds. The first-order chi connectivity index (χ1) is 7.60. The first kappa shape index (κ1) is 14.7. The molecule has 3 nitrogen and oxygen atoms in total. The van der Waals surface area contributed by atoms with E-state index in [2.05, 4.69) is 0 Å². The standard InChI is InChI=1S/C13H25BO3/c1-11(2,10-15)8-7-9-14-16-12(3,4)13(5,6)17-14/h7,9,15H,8,10H2,1-6H3/b9-7+. The van der Waals surface area contributed by atoms with Crippen LogP contribution in [0.15, 0.2) is 12.1 Å². The summed E-state index contributed by atoms with van der Waals surface area (Å²) in [6.45, 7) is 12.4. The van der Waals surface area contributed by atoms with Crippen LogP contribution < -0.4 is 0 Å². The lowest BCUT2D eigenvalue weighted by Crippen LogP contribution is -2.41. The van der Waals surface area contributed by atoms with Crippen LogP contribution in [-0.2, 0) is 9.31 Å². The quantitative estimate of drug-likeness (QED) is 0.767. The molecule has 1 aliphatic rings. The zero-order chi connectivity index (χ0) is 13.3. The van der Waals surface area contributed by atoms with Gasteiger partial charge in [0.15, 0.2) is 0 Å². The smallest absolute Gasteiger partial charge is 0.400 e. The predicted octanol–water partition coefficient (Wildman–Crippen LogP) is 2.58. The van der Waals surface area contributed by atoms with E-state index in [9.17, 15) is 0 Å². The molecule has 0 spiro atoms. The fourth-order valence-electron chi connectivity index (χ4n) is 1.53. The SMILES string of the molecule is CC(C)(CO)C/C=C/B1OC(C)(C)C(C)(C)O1. The third-order valence-electron chi connectivity index (χ3n) is 3.66. The summed E-state index contributed by atoms with van der Waals surface area (Å²) in [6, 6.07) is 0. The summed E-state index contributed by atoms with van der Waals surface area (Å²) >= 11 is 0. The van der Waals surface area contributed by atoms with Crippen LogP contribution in [0.2, 0.25) is 0 Å². The number of allylic oxidation sites excluding steroid dienone is 1. The number of rotatable bonds is 4. The summed E-state index contributed by atoms with van der Waals surface area (Å²) in [4.78, 5) is 0. The summed E-state index contributed by atoms with van der Waals surface area (Å²) in [5.41, 5.74) is -0.650. The van der Waals surface area contributed by atoms with Crippen molar-refractivity contribution >= 4 is 7.12 Å². The number of aliphatic hydroxyl groups excluding tert-OH is 1. The number of hydrogen-bond acceptors (Lipinski definition) is 3. The molecule has 0 bridgehead atoms. The number of hydrogen-bond donors (Lipinski definition) is 1. The highest BCUT2D eigenvalue weighted by molar-refractivity contribution is 6.51. The van der Waals surface area contributed by atoms with Gasteiger partial charge < -0.3 is 14.4 Å². The Hall–Kier alpha value is -0.315. The Balaban J connectivity index is 2.54. The van der Waals surface area contributed by atoms with Crippen molar-refractivity contribution < 1.29 is 14.4 Å². The second-order valence-electron chi connectivity index (χ2n) is 6.58. The maximum atomic E-state index is 9.16. The van der Waals surface area contributed by atoms with Crippen LogP contribution in [0.25, 0.3) is 0 Å². The Labute approximate surface area is 105 Å². The third kappa shape index (κ3) is 3.57. The highest BCUT2D eigenvalue weighted by atomic mass is 16.7. The lowest BCUT2D eigenvalue weighted by molar-refractivity contribution is 0.00578. The molecule has 0 atom stereocenters. The fraction of sp³-hybridized carbons (Fsp3) is 0.846. The number of aliphatic hydroxyl groups is 1. The van der Waals surface area contributed by atoms with Crippen LogP contribution in [-0.4, -0.2) is 30.0 Å². The molecule has 0 unspecified atom stereocenters. The average Bonchev–Trinajstić information content (AvgIpc) is 2.35. The zero-order valence-electron chi connectivity index (χ0n) is 11.9. The Morgan fingerprint density at radius 1 is 1.12 bits per heavy atom. The predicted molar refractivity (Wildman–Crippen MR) is 70.7 cm³/mol. The molecule has 0 aliphatic carbocycles. The topological polar surface area (TPSA) is 38.7 Å². The zero-order valence-corrected chi connectivity index (χ0v) is 11.9. The van der Waals surface area contributed by atoms with Crippen LogP contribution in [0.1, 0.15) is 48.0 Å². The van der Waals surface area contributed by atoms with Crippen LogP contribution in [0, 0.1) is 5.41 Å². The van der Waals surface area contributed by atoms with E-state index in [1.807, 2.05) is 53.6 Å². The van der Waals surface area contributed by atoms with E-state index < -0.39 is 0 Å². The maximum absolute atomic E-state index is 9.16. The van der Waals surface area contributed by atoms with Crippen molar-refractivity contribution in [1.29, 1.82) is 0 Å². The van der Waals surface area contributed by atoms with E-state index in [1.54, 1.807) is 0 Å². The molecule has 1 rings (SSSR count). The summed E-state index contributed by atoms with van der Waals surface area (Å²) in [7, 11) is -0.283. The molecule has 98 valence electrons. The average molecular weight is 240 g/mol. The van der Waals surface area contributed by atoms with Crippen molar-refractivity contribution in [2.75, 3.05) is 6.61 Å². The molecule has 0 saturated carbocycles. The van der Waals surface area contributed by atoms with Gasteiger partial charge in [-0.15, -0.1) is 0 Å². The Bertz CT molecular complexity index is 279. The highest BCUT2D eigenvalue weighted by Gasteiger charge is 2.49. The molecule has 1 N–H and O–H groups in total. The monoisotopic (exact) mass is 240 g/mol. The van der Waals surface area contributed by atoms with Gasteiger partial charge in [-0.25, -0.2) is 0 Å². The van der Waals surface area contributed by atoms with Crippen LogP contribution in [0.3, 0.4) is 0 Å². The van der Waals surface area contributed by atoms with Crippen LogP contribution in [0.4, 0.5) is 0 Å². The minimum absolute atomic E-state index is 0.0832. The van der Waals surface area contributed by atoms with Gasteiger partial charge in [0.25, 0.3) is 0 Å². The van der Waals surface area contributed by atoms with Gasteiger partial charge >= 0.3 is 7.12 Å². The molecule has 1 fully saturated rings. The minimum Gasteiger partial charge on any atom is -0.400 e. The van der Waals surface area contributed by atoms with Gasteiger partial charge in [0, 0.05) is 6.61 Å². The maximum Gasteiger partial charge on any atom is 0.486 e. The van der Waals surface area contributed by atoms with Crippen molar-refractivity contribution in [3.05, 3.63) is 12.1 Å². The van der Waals surface area contributed by atoms with Gasteiger partial charge in [-0.1, -0.05) is 25.9 Å². The first-order valence-electron chi connectivity index (χ1n) is 6.23. The van der Waals surface area contributed by atoms with Crippen molar-refractivity contribution in [2.24, 2.45) is 5.41 Å². The van der Waals surface area contributed by atoms with Crippen molar-refractivity contribution in [3.63, 3.8) is 0 Å². The van der Waals surface area contributed by atoms with E-state index in [-0.39, 0.29) is 30.3 Å².